The van der Waals surface area contributed by atoms with E-state index in [2.05, 4.69) is 11.0 Å². The minimum absolute atomic E-state index is 0.761. The van der Waals surface area contributed by atoms with E-state index in [1.165, 1.54) is 22.5 Å². The van der Waals surface area contributed by atoms with Crippen LogP contribution in [-0.4, -0.2) is 27.1 Å². The molecule has 0 saturated heterocycles. The normalized spacial score (nSPS) is 13.7. The van der Waals surface area contributed by atoms with Crippen LogP contribution in [0.3, 0.4) is 0 Å². The fraction of sp³-hybridized carbons (Fsp3) is 0.312. The Morgan fingerprint density at radius 3 is 2.48 bits per heavy atom. The van der Waals surface area contributed by atoms with E-state index in [-0.39, 0.29) is 0 Å². The van der Waals surface area contributed by atoms with Crippen molar-refractivity contribution < 1.29 is 14.3 Å². The van der Waals surface area contributed by atoms with Crippen LogP contribution in [-0.2, 0) is 13.0 Å². The molecular weight excluding hydrogens is 286 g/mol. The lowest BCUT2D eigenvalue weighted by Crippen LogP contribution is -2.30. The van der Waals surface area contributed by atoms with Crippen molar-refractivity contribution in [2.24, 2.45) is 0 Å². The highest BCUT2D eigenvalue weighted by molar-refractivity contribution is 7.12. The van der Waals surface area contributed by atoms with Crippen molar-refractivity contribution in [2.45, 2.75) is 13.0 Å². The first-order valence-corrected chi connectivity index (χ1v) is 7.65. The zero-order valence-electron chi connectivity index (χ0n) is 12.1. The highest BCUT2D eigenvalue weighted by atomic mass is 32.1. The Kier molecular flexibility index (Phi) is 3.84. The molecule has 0 fully saturated rings. The van der Waals surface area contributed by atoms with Crippen LogP contribution in [0.4, 0.5) is 5.69 Å². The molecule has 5 heteroatoms. The monoisotopic (exact) mass is 303 g/mol. The number of methoxy groups -OCH3 is 2. The molecule has 21 heavy (non-hydrogen) atoms. The predicted octanol–water partition coefficient (Wildman–Crippen LogP) is 3.14. The highest BCUT2D eigenvalue weighted by Gasteiger charge is 2.20. The molecule has 1 aliphatic heterocycles. The third kappa shape index (κ3) is 2.61. The zero-order chi connectivity index (χ0) is 14.8. The lowest BCUT2D eigenvalue weighted by Gasteiger charge is -2.30. The van der Waals surface area contributed by atoms with Crippen molar-refractivity contribution >= 4 is 23.3 Å². The van der Waals surface area contributed by atoms with Crippen LogP contribution in [0, 0.1) is 0 Å². The third-order valence-electron chi connectivity index (χ3n) is 3.81. The quantitative estimate of drug-likeness (QED) is 0.813. The lowest BCUT2D eigenvalue weighted by atomic mass is 9.98. The van der Waals surface area contributed by atoms with Gasteiger partial charge in [0.05, 0.1) is 19.1 Å². The minimum atomic E-state index is 0.761. The van der Waals surface area contributed by atoms with Crippen LogP contribution in [0.1, 0.15) is 20.8 Å². The standard InChI is InChI=1S/C16H17NO3S/c1-19-15-5-11-3-4-17(8-12(11)6-16(15)20-2)13-7-14(9-18)21-10-13/h5-7,9-10H,3-4,8H2,1-2H3. The second kappa shape index (κ2) is 5.77. The first-order chi connectivity index (χ1) is 10.2. The largest absolute Gasteiger partial charge is 0.493 e. The molecule has 1 aromatic heterocycles. The molecule has 2 heterocycles. The van der Waals surface area contributed by atoms with Crippen molar-refractivity contribution in [1.82, 2.24) is 0 Å². The maximum Gasteiger partial charge on any atom is 0.161 e. The Balaban J connectivity index is 1.89. The first kappa shape index (κ1) is 13.9. The Labute approximate surface area is 127 Å². The number of aldehydes is 1. The van der Waals surface area contributed by atoms with E-state index in [4.69, 9.17) is 9.47 Å². The van der Waals surface area contributed by atoms with E-state index in [9.17, 15) is 4.79 Å². The summed E-state index contributed by atoms with van der Waals surface area (Å²) in [6.07, 6.45) is 1.86. The number of nitrogens with zero attached hydrogens (tertiary/aromatic N) is 1. The second-order valence-electron chi connectivity index (χ2n) is 4.97. The van der Waals surface area contributed by atoms with E-state index < -0.39 is 0 Å². The van der Waals surface area contributed by atoms with Crippen LogP contribution < -0.4 is 14.4 Å². The SMILES string of the molecule is COc1cc2c(cc1OC)CN(c1csc(C=O)c1)CC2. The number of benzene rings is 1. The topological polar surface area (TPSA) is 38.8 Å². The van der Waals surface area contributed by atoms with Gasteiger partial charge in [-0.25, -0.2) is 0 Å². The van der Waals surface area contributed by atoms with Crippen LogP contribution in [0.25, 0.3) is 0 Å². The van der Waals surface area contributed by atoms with Gasteiger partial charge in [-0.15, -0.1) is 11.3 Å². The number of carbonyl (C=O) groups is 1. The summed E-state index contributed by atoms with van der Waals surface area (Å²) < 4.78 is 10.7. The molecule has 0 unspecified atom stereocenters. The summed E-state index contributed by atoms with van der Waals surface area (Å²) in [5.41, 5.74) is 3.66. The fourth-order valence-electron chi connectivity index (χ4n) is 2.67. The van der Waals surface area contributed by atoms with E-state index in [1.807, 2.05) is 17.5 Å². The molecule has 3 rings (SSSR count). The maximum absolute atomic E-state index is 10.8. The molecule has 4 nitrogen and oxygen atoms in total. The summed E-state index contributed by atoms with van der Waals surface area (Å²) >= 11 is 1.48. The molecule has 2 aromatic rings. The molecular formula is C16H17NO3S. The average molecular weight is 303 g/mol. The third-order valence-corrected chi connectivity index (χ3v) is 4.65. The molecule has 0 spiro atoms. The minimum Gasteiger partial charge on any atom is -0.493 e. The van der Waals surface area contributed by atoms with E-state index >= 15 is 0 Å². The molecule has 0 N–H and O–H groups in total. The van der Waals surface area contributed by atoms with Gasteiger partial charge in [0.2, 0.25) is 0 Å². The molecule has 0 saturated carbocycles. The van der Waals surface area contributed by atoms with Crippen LogP contribution in [0.15, 0.2) is 23.6 Å². The fourth-order valence-corrected chi connectivity index (χ4v) is 3.39. The van der Waals surface area contributed by atoms with Crippen molar-refractivity contribution in [3.8, 4) is 11.5 Å². The molecule has 1 aromatic carbocycles. The van der Waals surface area contributed by atoms with Crippen molar-refractivity contribution in [2.75, 3.05) is 25.7 Å². The maximum atomic E-state index is 10.8. The number of rotatable bonds is 4. The van der Waals surface area contributed by atoms with Crippen LogP contribution in [0.2, 0.25) is 0 Å². The van der Waals surface area contributed by atoms with E-state index in [1.54, 1.807) is 14.2 Å². The Morgan fingerprint density at radius 2 is 1.86 bits per heavy atom. The zero-order valence-corrected chi connectivity index (χ0v) is 12.9. The Hall–Kier alpha value is -2.01. The summed E-state index contributed by atoms with van der Waals surface area (Å²) in [7, 11) is 3.31. The van der Waals surface area contributed by atoms with Crippen LogP contribution in [0.5, 0.6) is 11.5 Å². The summed E-state index contributed by atoms with van der Waals surface area (Å²) in [6, 6.07) is 6.06. The van der Waals surface area contributed by atoms with Crippen molar-refractivity contribution in [3.05, 3.63) is 39.6 Å². The van der Waals surface area contributed by atoms with Gasteiger partial charge in [0.15, 0.2) is 17.8 Å². The predicted molar refractivity (Wildman–Crippen MR) is 84.0 cm³/mol. The van der Waals surface area contributed by atoms with Gasteiger partial charge in [-0.3, -0.25) is 4.79 Å². The van der Waals surface area contributed by atoms with Gasteiger partial charge in [-0.2, -0.15) is 0 Å². The molecule has 0 bridgehead atoms. The smallest absolute Gasteiger partial charge is 0.161 e. The number of ether oxygens (including phenoxy) is 2. The van der Waals surface area contributed by atoms with E-state index in [0.717, 1.165) is 47.9 Å². The summed E-state index contributed by atoms with van der Waals surface area (Å²) in [5.74, 6) is 1.54. The van der Waals surface area contributed by atoms with Crippen molar-refractivity contribution in [1.29, 1.82) is 0 Å². The molecule has 0 amide bonds. The van der Waals surface area contributed by atoms with Gasteiger partial charge in [0.25, 0.3) is 0 Å². The number of thiophene rings is 1. The van der Waals surface area contributed by atoms with Crippen molar-refractivity contribution in [3.63, 3.8) is 0 Å². The van der Waals surface area contributed by atoms with Gasteiger partial charge in [-0.1, -0.05) is 0 Å². The van der Waals surface area contributed by atoms with Gasteiger partial charge in [-0.05, 0) is 35.7 Å². The Bertz CT molecular complexity index is 666. The number of hydrogen-bond acceptors (Lipinski definition) is 5. The highest BCUT2D eigenvalue weighted by Crippen LogP contribution is 2.35. The summed E-state index contributed by atoms with van der Waals surface area (Å²) in [4.78, 5) is 13.9. The molecule has 0 aliphatic carbocycles. The van der Waals surface area contributed by atoms with Gasteiger partial charge >= 0.3 is 0 Å². The molecule has 1 aliphatic rings. The Morgan fingerprint density at radius 1 is 1.14 bits per heavy atom. The molecule has 0 atom stereocenters. The molecule has 110 valence electrons. The van der Waals surface area contributed by atoms with Crippen LogP contribution >= 0.6 is 11.3 Å². The summed E-state index contributed by atoms with van der Waals surface area (Å²) in [6.45, 7) is 1.77. The number of carbonyl (C=O) groups excluding carboxylic acids is 1. The number of anilines is 1. The van der Waals surface area contributed by atoms with E-state index in [0.29, 0.717) is 0 Å². The van der Waals surface area contributed by atoms with Gasteiger partial charge < -0.3 is 14.4 Å². The molecule has 0 radical (unpaired) electrons. The summed E-state index contributed by atoms with van der Waals surface area (Å²) in [5, 5.41) is 2.04. The van der Waals surface area contributed by atoms with Gasteiger partial charge in [0.1, 0.15) is 0 Å². The van der Waals surface area contributed by atoms with Gasteiger partial charge in [0, 0.05) is 24.2 Å². The second-order valence-corrected chi connectivity index (χ2v) is 5.92. The number of fused-ring (bicyclic) bond motifs is 1. The average Bonchev–Trinajstić information content (AvgIpc) is 3.02. The lowest BCUT2D eigenvalue weighted by molar-refractivity contribution is 0.112. The number of hydrogen-bond donors (Lipinski definition) is 0. The first-order valence-electron chi connectivity index (χ1n) is 6.77.